The van der Waals surface area contributed by atoms with Crippen LogP contribution in [0, 0.1) is 11.7 Å². The van der Waals surface area contributed by atoms with Crippen LogP contribution < -0.4 is 16.0 Å². The number of aliphatic imine (C=N–C) groups is 1. The molecule has 1 atom stereocenters. The van der Waals surface area contributed by atoms with Crippen LogP contribution in [0.2, 0.25) is 0 Å². The lowest BCUT2D eigenvalue weighted by atomic mass is 10.1. The van der Waals surface area contributed by atoms with Crippen molar-refractivity contribution < 1.29 is 14.0 Å². The molecule has 0 bridgehead atoms. The summed E-state index contributed by atoms with van der Waals surface area (Å²) in [5, 5.41) is 9.36. The Bertz CT molecular complexity index is 723. The normalized spacial score (nSPS) is 16.8. The molecular formula is C21H32FN5O2. The first-order chi connectivity index (χ1) is 13.9. The van der Waals surface area contributed by atoms with Gasteiger partial charge in [0.2, 0.25) is 11.8 Å². The molecule has 1 saturated heterocycles. The fraction of sp³-hybridized carbons (Fsp3) is 0.571. The number of nitrogens with zero attached hydrogens (tertiary/aromatic N) is 2. The van der Waals surface area contributed by atoms with Crippen LogP contribution in [0.5, 0.6) is 0 Å². The second kappa shape index (κ2) is 11.4. The number of likely N-dealkylation sites (tertiary alicyclic amines) is 1. The molecule has 0 radical (unpaired) electrons. The summed E-state index contributed by atoms with van der Waals surface area (Å²) in [5.74, 6) is 0.351. The van der Waals surface area contributed by atoms with Crippen LogP contribution in [0.4, 0.5) is 4.39 Å². The van der Waals surface area contributed by atoms with Gasteiger partial charge in [-0.2, -0.15) is 0 Å². The zero-order valence-electron chi connectivity index (χ0n) is 17.5. The van der Waals surface area contributed by atoms with Gasteiger partial charge >= 0.3 is 0 Å². The van der Waals surface area contributed by atoms with E-state index in [4.69, 9.17) is 0 Å². The second-order valence-corrected chi connectivity index (χ2v) is 7.49. The number of amides is 2. The topological polar surface area (TPSA) is 85.8 Å². The Morgan fingerprint density at radius 1 is 1.31 bits per heavy atom. The Balaban J connectivity index is 1.76. The highest BCUT2D eigenvalue weighted by Gasteiger charge is 2.27. The maximum absolute atomic E-state index is 13.2. The highest BCUT2D eigenvalue weighted by Crippen LogP contribution is 2.12. The maximum Gasteiger partial charge on any atom is 0.225 e. The van der Waals surface area contributed by atoms with Crippen molar-refractivity contribution in [1.82, 2.24) is 20.9 Å². The van der Waals surface area contributed by atoms with E-state index in [2.05, 4.69) is 20.9 Å². The van der Waals surface area contributed by atoms with Crippen LogP contribution in [-0.4, -0.2) is 61.4 Å². The van der Waals surface area contributed by atoms with Gasteiger partial charge in [0.25, 0.3) is 0 Å². The van der Waals surface area contributed by atoms with Gasteiger partial charge in [0.05, 0.1) is 13.0 Å². The van der Waals surface area contributed by atoms with Crippen molar-refractivity contribution in [2.24, 2.45) is 10.9 Å². The SMILES string of the molecule is CCNC(=NCCNC(=O)Cc1cccc(F)c1)NC1CCN(C(=O)C(C)C)C1. The van der Waals surface area contributed by atoms with Gasteiger partial charge in [-0.25, -0.2) is 4.39 Å². The van der Waals surface area contributed by atoms with Crippen LogP contribution in [-0.2, 0) is 16.0 Å². The molecule has 1 aromatic carbocycles. The molecule has 1 fully saturated rings. The zero-order valence-corrected chi connectivity index (χ0v) is 17.5. The molecule has 1 heterocycles. The number of guanidine groups is 1. The number of nitrogens with one attached hydrogen (secondary N) is 3. The number of carbonyl (C=O) groups is 2. The first-order valence-corrected chi connectivity index (χ1v) is 10.2. The summed E-state index contributed by atoms with van der Waals surface area (Å²) in [7, 11) is 0. The molecular weight excluding hydrogens is 373 g/mol. The van der Waals surface area contributed by atoms with E-state index in [1.807, 2.05) is 25.7 Å². The van der Waals surface area contributed by atoms with E-state index in [-0.39, 0.29) is 36.0 Å². The third kappa shape index (κ3) is 7.71. The van der Waals surface area contributed by atoms with Crippen molar-refractivity contribution in [3.8, 4) is 0 Å². The van der Waals surface area contributed by atoms with E-state index in [1.54, 1.807) is 12.1 Å². The first kappa shape index (κ1) is 22.6. The van der Waals surface area contributed by atoms with Gasteiger partial charge in [0.15, 0.2) is 5.96 Å². The van der Waals surface area contributed by atoms with Gasteiger partial charge < -0.3 is 20.9 Å². The third-order valence-electron chi connectivity index (χ3n) is 4.64. The van der Waals surface area contributed by atoms with Crippen LogP contribution in [0.15, 0.2) is 29.3 Å². The first-order valence-electron chi connectivity index (χ1n) is 10.2. The molecule has 1 aromatic rings. The Hall–Kier alpha value is -2.64. The van der Waals surface area contributed by atoms with Gasteiger partial charge in [-0.3, -0.25) is 14.6 Å². The lowest BCUT2D eigenvalue weighted by Crippen LogP contribution is -2.45. The van der Waals surface area contributed by atoms with Crippen molar-refractivity contribution in [1.29, 1.82) is 0 Å². The molecule has 0 aliphatic carbocycles. The number of benzene rings is 1. The van der Waals surface area contributed by atoms with Crippen molar-refractivity contribution >= 4 is 17.8 Å². The second-order valence-electron chi connectivity index (χ2n) is 7.49. The quantitative estimate of drug-likeness (QED) is 0.346. The molecule has 1 aliphatic heterocycles. The van der Waals surface area contributed by atoms with Gasteiger partial charge in [0, 0.05) is 38.1 Å². The lowest BCUT2D eigenvalue weighted by molar-refractivity contribution is -0.133. The Morgan fingerprint density at radius 2 is 2.10 bits per heavy atom. The summed E-state index contributed by atoms with van der Waals surface area (Å²) >= 11 is 0. The van der Waals surface area contributed by atoms with Gasteiger partial charge in [-0.15, -0.1) is 0 Å². The Kier molecular flexibility index (Phi) is 8.89. The van der Waals surface area contributed by atoms with E-state index in [0.29, 0.717) is 31.2 Å². The highest BCUT2D eigenvalue weighted by molar-refractivity contribution is 5.81. The smallest absolute Gasteiger partial charge is 0.225 e. The standard InChI is InChI=1S/C21H32FN5O2/c1-4-23-21(26-18-8-11-27(14-18)20(29)15(2)3)25-10-9-24-19(28)13-16-6-5-7-17(22)12-16/h5-7,12,15,18H,4,8-11,13-14H2,1-3H3,(H,24,28)(H2,23,25,26). The number of rotatable bonds is 8. The van der Waals surface area contributed by atoms with Crippen molar-refractivity contribution in [2.45, 2.75) is 39.7 Å². The van der Waals surface area contributed by atoms with Crippen LogP contribution >= 0.6 is 0 Å². The molecule has 1 aliphatic rings. The van der Waals surface area contributed by atoms with Crippen molar-refractivity contribution in [3.05, 3.63) is 35.6 Å². The largest absolute Gasteiger partial charge is 0.357 e. The summed E-state index contributed by atoms with van der Waals surface area (Å²) in [5.41, 5.74) is 0.641. The fourth-order valence-electron chi connectivity index (χ4n) is 3.21. The Labute approximate surface area is 172 Å². The molecule has 29 heavy (non-hydrogen) atoms. The predicted octanol–water partition coefficient (Wildman–Crippen LogP) is 1.30. The summed E-state index contributed by atoms with van der Waals surface area (Å²) < 4.78 is 13.2. The van der Waals surface area contributed by atoms with E-state index in [1.165, 1.54) is 12.1 Å². The van der Waals surface area contributed by atoms with Crippen LogP contribution in [0.1, 0.15) is 32.8 Å². The van der Waals surface area contributed by atoms with E-state index in [9.17, 15) is 14.0 Å². The van der Waals surface area contributed by atoms with Crippen molar-refractivity contribution in [3.63, 3.8) is 0 Å². The molecule has 8 heteroatoms. The predicted molar refractivity (Wildman–Crippen MR) is 112 cm³/mol. The lowest BCUT2D eigenvalue weighted by Gasteiger charge is -2.20. The summed E-state index contributed by atoms with van der Waals surface area (Å²) in [4.78, 5) is 30.5. The van der Waals surface area contributed by atoms with Gasteiger partial charge in [0.1, 0.15) is 5.82 Å². The summed E-state index contributed by atoms with van der Waals surface area (Å²) in [6, 6.07) is 6.20. The monoisotopic (exact) mass is 405 g/mol. The molecule has 3 N–H and O–H groups in total. The molecule has 0 spiro atoms. The molecule has 1 unspecified atom stereocenters. The minimum absolute atomic E-state index is 0.00615. The van der Waals surface area contributed by atoms with Gasteiger partial charge in [-0.1, -0.05) is 26.0 Å². The molecule has 7 nitrogen and oxygen atoms in total. The number of halogens is 1. The molecule has 160 valence electrons. The van der Waals surface area contributed by atoms with E-state index < -0.39 is 0 Å². The zero-order chi connectivity index (χ0) is 21.2. The molecule has 0 saturated carbocycles. The van der Waals surface area contributed by atoms with Crippen LogP contribution in [0.3, 0.4) is 0 Å². The summed E-state index contributed by atoms with van der Waals surface area (Å²) in [6.45, 7) is 8.78. The number of carbonyl (C=O) groups excluding carboxylic acids is 2. The number of hydrogen-bond acceptors (Lipinski definition) is 3. The Morgan fingerprint density at radius 3 is 2.79 bits per heavy atom. The van der Waals surface area contributed by atoms with E-state index in [0.717, 1.165) is 19.5 Å². The molecule has 2 rings (SSSR count). The molecule has 0 aromatic heterocycles. The van der Waals surface area contributed by atoms with Crippen LogP contribution in [0.25, 0.3) is 0 Å². The maximum atomic E-state index is 13.2. The third-order valence-corrected chi connectivity index (χ3v) is 4.64. The minimum Gasteiger partial charge on any atom is -0.357 e. The average molecular weight is 406 g/mol. The minimum atomic E-state index is -0.346. The number of hydrogen-bond donors (Lipinski definition) is 3. The fourth-order valence-corrected chi connectivity index (χ4v) is 3.21. The highest BCUT2D eigenvalue weighted by atomic mass is 19.1. The van der Waals surface area contributed by atoms with Crippen molar-refractivity contribution in [2.75, 3.05) is 32.7 Å². The van der Waals surface area contributed by atoms with E-state index >= 15 is 0 Å². The average Bonchev–Trinajstić information content (AvgIpc) is 3.13. The summed E-state index contributed by atoms with van der Waals surface area (Å²) in [6.07, 6.45) is 1.02. The van der Waals surface area contributed by atoms with Gasteiger partial charge in [-0.05, 0) is 31.0 Å². The molecule has 2 amide bonds.